The van der Waals surface area contributed by atoms with Gasteiger partial charge in [-0.2, -0.15) is 0 Å². The van der Waals surface area contributed by atoms with Crippen molar-refractivity contribution < 1.29 is 28.8 Å². The van der Waals surface area contributed by atoms with Crippen molar-refractivity contribution >= 4 is 6.08 Å². The van der Waals surface area contributed by atoms with Gasteiger partial charge in [-0.25, -0.2) is 8.78 Å². The normalized spacial score (nSPS) is 13.5. The molecule has 3 N–H and O–H groups in total. The Morgan fingerprint density at radius 3 is 2.00 bits per heavy atom. The van der Waals surface area contributed by atoms with E-state index >= 15 is 0 Å². The van der Waals surface area contributed by atoms with E-state index in [0.717, 1.165) is 39.2 Å². The van der Waals surface area contributed by atoms with Gasteiger partial charge in [0.25, 0.3) is 0 Å². The van der Waals surface area contributed by atoms with Crippen molar-refractivity contribution in [2.75, 3.05) is 6.61 Å². The lowest BCUT2D eigenvalue weighted by molar-refractivity contribution is 0.0827. The Labute approximate surface area is 229 Å². The average Bonchev–Trinajstić information content (AvgIpc) is 2.88. The molecule has 0 spiro atoms. The molecule has 2 unspecified atom stereocenters. The van der Waals surface area contributed by atoms with Crippen molar-refractivity contribution in [1.82, 2.24) is 4.98 Å². The number of aliphatic hydroxyl groups excluding tert-OH is 3. The van der Waals surface area contributed by atoms with Crippen LogP contribution in [0.25, 0.3) is 17.2 Å². The Morgan fingerprint density at radius 2 is 1.44 bits per heavy atom. The molecular formula is C32H39F2NO4. The fourth-order valence-corrected chi connectivity index (χ4v) is 4.54. The number of aliphatic hydroxyl groups is 3. The van der Waals surface area contributed by atoms with E-state index in [0.29, 0.717) is 0 Å². The van der Waals surface area contributed by atoms with Crippen molar-refractivity contribution in [2.24, 2.45) is 0 Å². The van der Waals surface area contributed by atoms with Gasteiger partial charge in [0.15, 0.2) is 0 Å². The van der Waals surface area contributed by atoms with Crippen LogP contribution in [0.1, 0.15) is 80.5 Å². The lowest BCUT2D eigenvalue weighted by Gasteiger charge is -2.24. The van der Waals surface area contributed by atoms with Gasteiger partial charge in [0.05, 0.1) is 31.1 Å². The summed E-state index contributed by atoms with van der Waals surface area (Å²) in [7, 11) is 0. The van der Waals surface area contributed by atoms with Crippen LogP contribution in [0.3, 0.4) is 0 Å². The number of ether oxygens (including phenoxy) is 1. The lowest BCUT2D eigenvalue weighted by atomic mass is 9.87. The minimum Gasteiger partial charge on any atom is -0.396 e. The largest absolute Gasteiger partial charge is 0.396 e. The van der Waals surface area contributed by atoms with E-state index in [-0.39, 0.29) is 56.1 Å². The summed E-state index contributed by atoms with van der Waals surface area (Å²) in [6, 6.07) is 12.4. The topological polar surface area (TPSA) is 82.8 Å². The highest BCUT2D eigenvalue weighted by atomic mass is 19.1. The number of hydrogen-bond donors (Lipinski definition) is 3. The molecular weight excluding hydrogens is 500 g/mol. The number of nitrogens with zero attached hydrogens (tertiary/aromatic N) is 1. The molecule has 5 nitrogen and oxygen atoms in total. The molecule has 2 aromatic carbocycles. The summed E-state index contributed by atoms with van der Waals surface area (Å²) in [5, 5.41) is 29.7. The third-order valence-corrected chi connectivity index (χ3v) is 6.51. The Balaban J connectivity index is 2.12. The highest BCUT2D eigenvalue weighted by Gasteiger charge is 2.23. The van der Waals surface area contributed by atoms with E-state index in [1.54, 1.807) is 30.3 Å². The summed E-state index contributed by atoms with van der Waals surface area (Å²) in [5.74, 6) is -0.535. The summed E-state index contributed by atoms with van der Waals surface area (Å²) < 4.78 is 33.4. The number of pyridine rings is 1. The molecule has 2 atom stereocenters. The SMILES string of the molecule is CC(C)c1nc(C(C)C)c(COCc2ccc(F)cc2)c(-c2ccc(F)cc2)c1/C=C/C(O)CC(O)CCO. The highest BCUT2D eigenvalue weighted by Crippen LogP contribution is 2.38. The molecule has 3 aromatic rings. The Kier molecular flexibility index (Phi) is 11.3. The lowest BCUT2D eigenvalue weighted by Crippen LogP contribution is -2.17. The minimum absolute atomic E-state index is 0.0488. The molecule has 0 aliphatic rings. The number of halogens is 2. The van der Waals surface area contributed by atoms with E-state index in [9.17, 15) is 19.0 Å². The van der Waals surface area contributed by atoms with E-state index in [1.807, 2.05) is 19.9 Å². The maximum Gasteiger partial charge on any atom is 0.123 e. The van der Waals surface area contributed by atoms with Gasteiger partial charge in [-0.05, 0) is 59.2 Å². The van der Waals surface area contributed by atoms with Gasteiger partial charge >= 0.3 is 0 Å². The zero-order valence-corrected chi connectivity index (χ0v) is 23.1. The first-order chi connectivity index (χ1) is 18.6. The fraction of sp³-hybridized carbons (Fsp3) is 0.406. The van der Waals surface area contributed by atoms with Crippen molar-refractivity contribution in [2.45, 2.75) is 77.8 Å². The zero-order valence-electron chi connectivity index (χ0n) is 23.1. The second kappa shape index (κ2) is 14.4. The van der Waals surface area contributed by atoms with Gasteiger partial charge in [0.2, 0.25) is 0 Å². The maximum absolute atomic E-state index is 13.9. The second-order valence-corrected chi connectivity index (χ2v) is 10.4. The Hall–Kier alpha value is -2.97. The third-order valence-electron chi connectivity index (χ3n) is 6.51. The number of rotatable bonds is 13. The van der Waals surface area contributed by atoms with Gasteiger partial charge in [-0.3, -0.25) is 4.98 Å². The highest BCUT2D eigenvalue weighted by molar-refractivity contribution is 5.80. The predicted octanol–water partition coefficient (Wildman–Crippen LogP) is 6.50. The van der Waals surface area contributed by atoms with Crippen LogP contribution in [-0.2, 0) is 18.0 Å². The van der Waals surface area contributed by atoms with E-state index < -0.39 is 12.2 Å². The van der Waals surface area contributed by atoms with Crippen LogP contribution in [-0.4, -0.2) is 39.1 Å². The molecule has 0 saturated heterocycles. The Morgan fingerprint density at radius 1 is 0.846 bits per heavy atom. The predicted molar refractivity (Wildman–Crippen MR) is 150 cm³/mol. The standard InChI is InChI=1S/C32H39F2NO4/c1-20(2)31-28(14-13-26(37)17-27(38)15-16-36)30(23-7-11-25(34)12-8-23)29(32(35-31)21(3)4)19-39-18-22-5-9-24(33)10-6-22/h5-14,20-21,26-27,36-38H,15-19H2,1-4H3/b14-13+. The molecule has 0 fully saturated rings. The smallest absolute Gasteiger partial charge is 0.123 e. The molecule has 39 heavy (non-hydrogen) atoms. The summed E-state index contributed by atoms with van der Waals surface area (Å²) in [4.78, 5) is 5.06. The van der Waals surface area contributed by atoms with Gasteiger partial charge in [0.1, 0.15) is 11.6 Å². The minimum atomic E-state index is -0.935. The number of hydrogen-bond acceptors (Lipinski definition) is 5. The number of aromatic nitrogens is 1. The summed E-state index contributed by atoms with van der Waals surface area (Å²) in [6.45, 7) is 8.56. The van der Waals surface area contributed by atoms with E-state index in [1.165, 1.54) is 24.3 Å². The zero-order chi connectivity index (χ0) is 28.5. The molecule has 0 saturated carbocycles. The molecule has 0 amide bonds. The van der Waals surface area contributed by atoms with Crippen molar-refractivity contribution in [3.05, 3.63) is 94.3 Å². The number of benzene rings is 2. The van der Waals surface area contributed by atoms with Crippen LogP contribution < -0.4 is 0 Å². The first-order valence-corrected chi connectivity index (χ1v) is 13.4. The molecule has 1 heterocycles. The van der Waals surface area contributed by atoms with Crippen LogP contribution in [0.15, 0.2) is 54.6 Å². The van der Waals surface area contributed by atoms with Crippen LogP contribution in [0.2, 0.25) is 0 Å². The van der Waals surface area contributed by atoms with Crippen molar-refractivity contribution in [1.29, 1.82) is 0 Å². The van der Waals surface area contributed by atoms with E-state index in [4.69, 9.17) is 14.8 Å². The van der Waals surface area contributed by atoms with Crippen LogP contribution in [0.5, 0.6) is 0 Å². The van der Waals surface area contributed by atoms with Crippen LogP contribution >= 0.6 is 0 Å². The second-order valence-electron chi connectivity index (χ2n) is 10.4. The molecule has 0 bridgehead atoms. The van der Waals surface area contributed by atoms with Gasteiger partial charge in [-0.15, -0.1) is 0 Å². The molecule has 0 aliphatic carbocycles. The molecule has 7 heteroatoms. The monoisotopic (exact) mass is 539 g/mol. The fourth-order valence-electron chi connectivity index (χ4n) is 4.54. The molecule has 0 radical (unpaired) electrons. The van der Waals surface area contributed by atoms with Gasteiger partial charge in [0, 0.05) is 29.8 Å². The van der Waals surface area contributed by atoms with Crippen LogP contribution in [0, 0.1) is 11.6 Å². The van der Waals surface area contributed by atoms with E-state index in [2.05, 4.69) is 13.8 Å². The maximum atomic E-state index is 13.9. The van der Waals surface area contributed by atoms with Crippen LogP contribution in [0.4, 0.5) is 8.78 Å². The average molecular weight is 540 g/mol. The Bertz CT molecular complexity index is 1220. The summed E-state index contributed by atoms with van der Waals surface area (Å²) in [5.41, 5.74) is 5.82. The van der Waals surface area contributed by atoms with Crippen molar-refractivity contribution in [3.8, 4) is 11.1 Å². The van der Waals surface area contributed by atoms with Crippen molar-refractivity contribution in [3.63, 3.8) is 0 Å². The van der Waals surface area contributed by atoms with Gasteiger partial charge in [-0.1, -0.05) is 64.1 Å². The van der Waals surface area contributed by atoms with Gasteiger partial charge < -0.3 is 20.1 Å². The summed E-state index contributed by atoms with van der Waals surface area (Å²) >= 11 is 0. The quantitative estimate of drug-likeness (QED) is 0.231. The summed E-state index contributed by atoms with van der Waals surface area (Å²) in [6.07, 6.45) is 1.94. The molecule has 0 aliphatic heterocycles. The first kappa shape index (κ1) is 30.6. The molecule has 210 valence electrons. The molecule has 3 rings (SSSR count). The molecule has 1 aromatic heterocycles. The third kappa shape index (κ3) is 8.51. The first-order valence-electron chi connectivity index (χ1n) is 13.4.